The van der Waals surface area contributed by atoms with Gasteiger partial charge in [0.05, 0.1) is 6.61 Å². The van der Waals surface area contributed by atoms with Crippen LogP contribution in [0.1, 0.15) is 42.4 Å². The number of nitrogens with one attached hydrogen (secondary N) is 1. The van der Waals surface area contributed by atoms with E-state index in [4.69, 9.17) is 0 Å². The van der Waals surface area contributed by atoms with Crippen LogP contribution in [0, 0.1) is 13.8 Å². The molecule has 1 aromatic rings. The Labute approximate surface area is 109 Å². The lowest BCUT2D eigenvalue weighted by atomic mass is 9.97. The Kier molecular flexibility index (Phi) is 3.93. The van der Waals surface area contributed by atoms with Gasteiger partial charge in [0, 0.05) is 17.6 Å². The summed E-state index contributed by atoms with van der Waals surface area (Å²) < 4.78 is 0. The van der Waals surface area contributed by atoms with E-state index in [1.165, 1.54) is 18.4 Å². The van der Waals surface area contributed by atoms with Gasteiger partial charge < -0.3 is 15.5 Å². The molecule has 18 heavy (non-hydrogen) atoms. The van der Waals surface area contributed by atoms with E-state index >= 15 is 0 Å². The Bertz CT molecular complexity index is 423. The van der Waals surface area contributed by atoms with E-state index in [-0.39, 0.29) is 12.1 Å². The lowest BCUT2D eigenvalue weighted by Crippen LogP contribution is -2.45. The third-order valence-electron chi connectivity index (χ3n) is 4.21. The largest absolute Gasteiger partial charge is 0.508 e. The van der Waals surface area contributed by atoms with E-state index in [2.05, 4.69) is 12.2 Å². The Morgan fingerprint density at radius 2 is 1.78 bits per heavy atom. The van der Waals surface area contributed by atoms with Gasteiger partial charge in [-0.2, -0.15) is 0 Å². The fourth-order valence-electron chi connectivity index (χ4n) is 2.73. The van der Waals surface area contributed by atoms with Crippen molar-refractivity contribution in [2.24, 2.45) is 0 Å². The predicted molar refractivity (Wildman–Crippen MR) is 72.7 cm³/mol. The summed E-state index contributed by atoms with van der Waals surface area (Å²) in [6, 6.07) is 3.84. The van der Waals surface area contributed by atoms with Crippen LogP contribution in [0.2, 0.25) is 0 Å². The molecule has 100 valence electrons. The Hall–Kier alpha value is -1.06. The first-order chi connectivity index (χ1) is 8.56. The molecule has 0 radical (unpaired) electrons. The van der Waals surface area contributed by atoms with E-state index < -0.39 is 0 Å². The molecule has 0 unspecified atom stereocenters. The zero-order chi connectivity index (χ0) is 13.2. The molecule has 1 fully saturated rings. The normalized spacial score (nSPS) is 18.2. The monoisotopic (exact) mass is 249 g/mol. The molecule has 0 saturated heterocycles. The van der Waals surface area contributed by atoms with Gasteiger partial charge in [0.15, 0.2) is 0 Å². The molecular formula is C15H23NO2. The lowest BCUT2D eigenvalue weighted by Gasteiger charge is -2.28. The van der Waals surface area contributed by atoms with Crippen LogP contribution in [-0.4, -0.2) is 22.4 Å². The molecule has 0 atom stereocenters. The number of aryl methyl sites for hydroxylation is 2. The molecule has 3 heteroatoms. The zero-order valence-electron chi connectivity index (χ0n) is 11.3. The Morgan fingerprint density at radius 3 is 2.39 bits per heavy atom. The van der Waals surface area contributed by atoms with Crippen LogP contribution in [-0.2, 0) is 6.54 Å². The highest BCUT2D eigenvalue weighted by Crippen LogP contribution is 2.30. The number of hydrogen-bond donors (Lipinski definition) is 3. The summed E-state index contributed by atoms with van der Waals surface area (Å²) in [4.78, 5) is 0. The number of aliphatic hydroxyl groups is 1. The quantitative estimate of drug-likeness (QED) is 0.768. The van der Waals surface area contributed by atoms with Crippen molar-refractivity contribution in [3.05, 3.63) is 28.8 Å². The maximum Gasteiger partial charge on any atom is 0.120 e. The first-order valence-corrected chi connectivity index (χ1v) is 6.71. The topological polar surface area (TPSA) is 52.5 Å². The van der Waals surface area contributed by atoms with Gasteiger partial charge in [-0.1, -0.05) is 18.9 Å². The molecule has 1 aliphatic carbocycles. The van der Waals surface area contributed by atoms with Crippen LogP contribution < -0.4 is 5.32 Å². The Morgan fingerprint density at radius 1 is 1.17 bits per heavy atom. The van der Waals surface area contributed by atoms with Crippen LogP contribution in [0.3, 0.4) is 0 Å². The third kappa shape index (κ3) is 2.68. The molecule has 1 aliphatic rings. The summed E-state index contributed by atoms with van der Waals surface area (Å²) in [7, 11) is 0. The molecule has 1 saturated carbocycles. The van der Waals surface area contributed by atoms with Crippen molar-refractivity contribution < 1.29 is 10.2 Å². The van der Waals surface area contributed by atoms with Gasteiger partial charge in [-0.25, -0.2) is 0 Å². The van der Waals surface area contributed by atoms with Crippen LogP contribution in [0.25, 0.3) is 0 Å². The minimum absolute atomic E-state index is 0.134. The predicted octanol–water partition coefficient (Wildman–Crippen LogP) is 2.40. The molecule has 0 spiro atoms. The minimum atomic E-state index is -0.134. The number of aliphatic hydroxyl groups excluding tert-OH is 1. The van der Waals surface area contributed by atoms with Crippen molar-refractivity contribution >= 4 is 0 Å². The molecule has 0 aromatic heterocycles. The summed E-state index contributed by atoms with van der Waals surface area (Å²) in [5.74, 6) is 0.344. The van der Waals surface area contributed by atoms with Crippen molar-refractivity contribution in [1.82, 2.24) is 5.32 Å². The summed E-state index contributed by atoms with van der Waals surface area (Å²) in [6.45, 7) is 4.85. The zero-order valence-corrected chi connectivity index (χ0v) is 11.3. The van der Waals surface area contributed by atoms with Gasteiger partial charge >= 0.3 is 0 Å². The van der Waals surface area contributed by atoms with Gasteiger partial charge in [0.25, 0.3) is 0 Å². The van der Waals surface area contributed by atoms with Gasteiger partial charge in [0.2, 0.25) is 0 Å². The highest BCUT2D eigenvalue weighted by Gasteiger charge is 2.32. The van der Waals surface area contributed by atoms with Crippen molar-refractivity contribution in [3.63, 3.8) is 0 Å². The van der Waals surface area contributed by atoms with Gasteiger partial charge in [-0.05, 0) is 43.9 Å². The first-order valence-electron chi connectivity index (χ1n) is 6.71. The number of benzene rings is 1. The fraction of sp³-hybridized carbons (Fsp3) is 0.600. The molecule has 1 aromatic carbocycles. The molecular weight excluding hydrogens is 226 g/mol. The van der Waals surface area contributed by atoms with Crippen LogP contribution in [0.5, 0.6) is 5.75 Å². The van der Waals surface area contributed by atoms with E-state index in [0.29, 0.717) is 12.3 Å². The molecule has 2 rings (SSSR count). The molecule has 3 N–H and O–H groups in total. The second kappa shape index (κ2) is 5.29. The van der Waals surface area contributed by atoms with Crippen LogP contribution in [0.4, 0.5) is 0 Å². The van der Waals surface area contributed by atoms with Gasteiger partial charge in [0.1, 0.15) is 5.75 Å². The van der Waals surface area contributed by atoms with Crippen molar-refractivity contribution in [2.45, 2.75) is 51.6 Å². The summed E-state index contributed by atoms with van der Waals surface area (Å²) >= 11 is 0. The third-order valence-corrected chi connectivity index (χ3v) is 4.21. The number of hydrogen-bond acceptors (Lipinski definition) is 3. The van der Waals surface area contributed by atoms with E-state index in [0.717, 1.165) is 24.0 Å². The Balaban J connectivity index is 2.08. The first kappa shape index (κ1) is 13.4. The highest BCUT2D eigenvalue weighted by atomic mass is 16.3. The summed E-state index contributed by atoms with van der Waals surface area (Å²) in [6.07, 6.45) is 4.39. The summed E-state index contributed by atoms with van der Waals surface area (Å²) in [5.41, 5.74) is 3.08. The van der Waals surface area contributed by atoms with E-state index in [1.807, 2.05) is 19.1 Å². The molecule has 0 aliphatic heterocycles. The highest BCUT2D eigenvalue weighted by molar-refractivity contribution is 5.40. The van der Waals surface area contributed by atoms with E-state index in [9.17, 15) is 10.2 Å². The number of phenols is 1. The van der Waals surface area contributed by atoms with Crippen molar-refractivity contribution in [1.29, 1.82) is 0 Å². The number of aromatic hydroxyl groups is 1. The van der Waals surface area contributed by atoms with Crippen LogP contribution in [0.15, 0.2) is 12.1 Å². The second-order valence-electron chi connectivity index (χ2n) is 5.56. The lowest BCUT2D eigenvalue weighted by molar-refractivity contribution is 0.162. The van der Waals surface area contributed by atoms with Crippen molar-refractivity contribution in [3.8, 4) is 5.75 Å². The van der Waals surface area contributed by atoms with Gasteiger partial charge in [-0.15, -0.1) is 0 Å². The van der Waals surface area contributed by atoms with Crippen molar-refractivity contribution in [2.75, 3.05) is 6.61 Å². The summed E-state index contributed by atoms with van der Waals surface area (Å²) in [5, 5.41) is 22.9. The average Bonchev–Trinajstić information content (AvgIpc) is 2.82. The number of rotatable bonds is 4. The fourth-order valence-corrected chi connectivity index (χ4v) is 2.73. The maximum atomic E-state index is 9.94. The number of phenolic OH excluding ortho intramolecular Hbond substituents is 1. The second-order valence-corrected chi connectivity index (χ2v) is 5.56. The molecule has 0 bridgehead atoms. The van der Waals surface area contributed by atoms with Gasteiger partial charge in [-0.3, -0.25) is 0 Å². The molecule has 0 amide bonds. The molecule has 3 nitrogen and oxygen atoms in total. The van der Waals surface area contributed by atoms with Crippen LogP contribution >= 0.6 is 0 Å². The minimum Gasteiger partial charge on any atom is -0.508 e. The van der Waals surface area contributed by atoms with E-state index in [1.54, 1.807) is 0 Å². The SMILES string of the molecule is Cc1cc(O)c(CNC2(CO)CCCC2)cc1C. The molecule has 0 heterocycles. The maximum absolute atomic E-state index is 9.94. The average molecular weight is 249 g/mol. The smallest absolute Gasteiger partial charge is 0.120 e. The standard InChI is InChI=1S/C15H23NO2/c1-11-7-13(14(18)8-12(11)2)9-16-15(10-17)5-3-4-6-15/h7-8,16-18H,3-6,9-10H2,1-2H3.